The summed E-state index contributed by atoms with van der Waals surface area (Å²) in [5, 5.41) is 4.96. The Labute approximate surface area is 416 Å². The Balaban J connectivity index is 1.19. The molecule has 11 rings (SSSR count). The summed E-state index contributed by atoms with van der Waals surface area (Å²) in [6.45, 7) is 26.7. The van der Waals surface area contributed by atoms with Crippen LogP contribution in [0, 0.1) is 83.1 Å². The molecule has 0 atom stereocenters. The minimum absolute atomic E-state index is 1.02. The number of hydrogen-bond acceptors (Lipinski definition) is 0. The number of benzene rings is 9. The van der Waals surface area contributed by atoms with E-state index < -0.39 is 0 Å². The Morgan fingerprint density at radius 1 is 0.261 bits per heavy atom. The quantitative estimate of drug-likeness (QED) is 0.157. The molecule has 0 amide bonds. The number of fused-ring (bicyclic) bond motifs is 6. The van der Waals surface area contributed by atoms with Gasteiger partial charge in [0.15, 0.2) is 0 Å². The molecular weight excluding hydrogens is 901 g/mol. The van der Waals surface area contributed by atoms with Gasteiger partial charge in [0.05, 0.1) is 22.1 Å². The highest BCUT2D eigenvalue weighted by Gasteiger charge is 2.21. The average Bonchev–Trinajstić information content (AvgIpc) is 3.76. The van der Waals surface area contributed by atoms with Crippen molar-refractivity contribution >= 4 is 59.5 Å². The van der Waals surface area contributed by atoms with Crippen molar-refractivity contribution in [3.8, 4) is 55.9 Å². The average molecular weight is 960 g/mol. The summed E-state index contributed by atoms with van der Waals surface area (Å²) in [6.07, 6.45) is 0. The highest BCUT2D eigenvalue weighted by Crippen LogP contribution is 2.43. The van der Waals surface area contributed by atoms with Gasteiger partial charge in [0.25, 0.3) is 0 Å². The van der Waals surface area contributed by atoms with Crippen LogP contribution in [-0.4, -0.2) is 9.13 Å². The van der Waals surface area contributed by atoms with E-state index in [1.54, 1.807) is 0 Å². The van der Waals surface area contributed by atoms with E-state index in [9.17, 15) is 0 Å². The molecule has 0 fully saturated rings. The normalized spacial score (nSPS) is 11.8. The summed E-state index contributed by atoms with van der Waals surface area (Å²) in [4.78, 5) is 0. The molecule has 69 heavy (non-hydrogen) atoms. The number of aryl methyl sites for hydroxylation is 12. The first-order valence-corrected chi connectivity index (χ1v) is 25.1. The lowest BCUT2D eigenvalue weighted by Crippen LogP contribution is -2.00. The summed E-state index contributed by atoms with van der Waals surface area (Å²) in [6, 6.07) is 53.9. The SMILES string of the molecule is Cc1cc(C)c(-c2ccc3c(c2)c2ccc(-c4c(C)cc(C)cc4C)cc2n3-c2cc(Br)cc(-n3c4ccc(-c5c(C)cc(C)cc5C)cc4c4ccc(-c5c(C)cc(C)cc5C)cc43)c2)c(C)c1. The van der Waals surface area contributed by atoms with E-state index in [2.05, 4.69) is 248 Å². The zero-order chi connectivity index (χ0) is 48.3. The molecule has 0 aliphatic heterocycles. The monoisotopic (exact) mass is 958 g/mol. The number of rotatable bonds is 6. The van der Waals surface area contributed by atoms with E-state index in [0.29, 0.717) is 0 Å². The van der Waals surface area contributed by atoms with Crippen molar-refractivity contribution in [2.75, 3.05) is 0 Å². The van der Waals surface area contributed by atoms with Gasteiger partial charge in [-0.05, 0) is 227 Å². The van der Waals surface area contributed by atoms with Crippen LogP contribution in [0.15, 0.2) is 144 Å². The first kappa shape index (κ1) is 44.6. The molecule has 2 heterocycles. The summed E-state index contributed by atoms with van der Waals surface area (Å²) in [5.41, 5.74) is 32.7. The number of hydrogen-bond donors (Lipinski definition) is 0. The third kappa shape index (κ3) is 7.45. The maximum Gasteiger partial charge on any atom is 0.0547 e. The zero-order valence-electron chi connectivity index (χ0n) is 42.1. The van der Waals surface area contributed by atoms with E-state index in [1.165, 1.54) is 155 Å². The second-order valence-electron chi connectivity index (χ2n) is 20.4. The second kappa shape index (κ2) is 16.6. The molecule has 0 bridgehead atoms. The smallest absolute Gasteiger partial charge is 0.0547 e. The molecule has 3 heteroatoms. The number of nitrogens with zero attached hydrogens (tertiary/aromatic N) is 2. The van der Waals surface area contributed by atoms with Gasteiger partial charge in [-0.1, -0.05) is 123 Å². The minimum atomic E-state index is 1.02. The third-order valence-electron chi connectivity index (χ3n) is 14.8. The van der Waals surface area contributed by atoms with E-state index in [-0.39, 0.29) is 0 Å². The van der Waals surface area contributed by atoms with Crippen molar-refractivity contribution in [2.45, 2.75) is 83.1 Å². The van der Waals surface area contributed by atoms with Crippen LogP contribution in [-0.2, 0) is 0 Å². The van der Waals surface area contributed by atoms with Crippen LogP contribution in [0.5, 0.6) is 0 Å². The van der Waals surface area contributed by atoms with Gasteiger partial charge >= 0.3 is 0 Å². The summed E-state index contributed by atoms with van der Waals surface area (Å²) in [7, 11) is 0. The molecular formula is C66H59BrN2. The van der Waals surface area contributed by atoms with Crippen LogP contribution in [0.25, 0.3) is 99.5 Å². The first-order valence-electron chi connectivity index (χ1n) is 24.3. The lowest BCUT2D eigenvalue weighted by atomic mass is 9.92. The van der Waals surface area contributed by atoms with Crippen LogP contribution in [0.3, 0.4) is 0 Å². The van der Waals surface area contributed by atoms with Crippen molar-refractivity contribution in [2.24, 2.45) is 0 Å². The second-order valence-corrected chi connectivity index (χ2v) is 21.3. The Morgan fingerprint density at radius 2 is 0.536 bits per heavy atom. The van der Waals surface area contributed by atoms with Gasteiger partial charge in [0, 0.05) is 37.4 Å². The Kier molecular flexibility index (Phi) is 10.7. The molecule has 9 aromatic carbocycles. The van der Waals surface area contributed by atoms with Gasteiger partial charge in [0.2, 0.25) is 0 Å². The van der Waals surface area contributed by atoms with Crippen LogP contribution >= 0.6 is 15.9 Å². The van der Waals surface area contributed by atoms with E-state index in [4.69, 9.17) is 0 Å². The summed E-state index contributed by atoms with van der Waals surface area (Å²) >= 11 is 4.10. The predicted molar refractivity (Wildman–Crippen MR) is 301 cm³/mol. The van der Waals surface area contributed by atoms with Crippen LogP contribution < -0.4 is 0 Å². The fourth-order valence-corrected chi connectivity index (χ4v) is 13.0. The molecule has 2 nitrogen and oxygen atoms in total. The van der Waals surface area contributed by atoms with Gasteiger partial charge in [-0.3, -0.25) is 0 Å². The summed E-state index contributed by atoms with van der Waals surface area (Å²) < 4.78 is 6.02. The molecule has 0 saturated heterocycles. The molecule has 0 radical (unpaired) electrons. The molecule has 0 unspecified atom stereocenters. The lowest BCUT2D eigenvalue weighted by molar-refractivity contribution is 1.13. The Hall–Kier alpha value is -6.94. The van der Waals surface area contributed by atoms with Crippen LogP contribution in [0.1, 0.15) is 66.8 Å². The largest absolute Gasteiger partial charge is 0.309 e. The highest BCUT2D eigenvalue weighted by atomic mass is 79.9. The molecule has 0 aliphatic carbocycles. The molecule has 0 aliphatic rings. The minimum Gasteiger partial charge on any atom is -0.309 e. The van der Waals surface area contributed by atoms with Gasteiger partial charge in [-0.2, -0.15) is 0 Å². The Morgan fingerprint density at radius 3 is 0.841 bits per heavy atom. The maximum absolute atomic E-state index is 4.10. The van der Waals surface area contributed by atoms with E-state index in [1.807, 2.05) is 0 Å². The summed E-state index contributed by atoms with van der Waals surface area (Å²) in [5.74, 6) is 0. The van der Waals surface area contributed by atoms with Gasteiger partial charge in [-0.15, -0.1) is 0 Å². The van der Waals surface area contributed by atoms with Crippen LogP contribution in [0.4, 0.5) is 0 Å². The van der Waals surface area contributed by atoms with Crippen LogP contribution in [0.2, 0.25) is 0 Å². The van der Waals surface area contributed by atoms with E-state index >= 15 is 0 Å². The molecule has 2 aromatic heterocycles. The predicted octanol–water partition coefficient (Wildman–Crippen LogP) is 19.0. The zero-order valence-corrected chi connectivity index (χ0v) is 43.6. The van der Waals surface area contributed by atoms with Crippen molar-refractivity contribution in [1.82, 2.24) is 9.13 Å². The fraction of sp³-hybridized carbons (Fsp3) is 0.182. The number of halogens is 1. The molecule has 0 N–H and O–H groups in total. The topological polar surface area (TPSA) is 9.86 Å². The van der Waals surface area contributed by atoms with Crippen molar-refractivity contribution in [1.29, 1.82) is 0 Å². The van der Waals surface area contributed by atoms with Gasteiger partial charge in [-0.25, -0.2) is 0 Å². The fourth-order valence-electron chi connectivity index (χ4n) is 12.6. The standard InChI is InChI=1S/C66H59BrN2/c1-36-21-40(5)63(41(6)22-36)48-15-19-59-57(29-48)55-17-13-50(65-44(9)25-38(3)26-45(65)10)31-61(55)68(59)53-33-52(67)34-54(35-53)69-60-20-16-49(64-42(7)23-37(2)24-43(64)8)30-58(60)56-18-14-51(32-62(56)69)66-46(11)27-39(4)28-47(66)12/h13-35H,1-12H3. The van der Waals surface area contributed by atoms with Crippen molar-refractivity contribution in [3.05, 3.63) is 211 Å². The molecule has 0 saturated carbocycles. The van der Waals surface area contributed by atoms with Gasteiger partial charge in [0.1, 0.15) is 0 Å². The third-order valence-corrected chi connectivity index (χ3v) is 15.2. The molecule has 11 aromatic rings. The first-order chi connectivity index (χ1) is 33.0. The van der Waals surface area contributed by atoms with Gasteiger partial charge < -0.3 is 9.13 Å². The number of aromatic nitrogens is 2. The lowest BCUT2D eigenvalue weighted by Gasteiger charge is -2.16. The molecule has 340 valence electrons. The maximum atomic E-state index is 4.10. The Bertz CT molecular complexity index is 3630. The molecule has 0 spiro atoms. The van der Waals surface area contributed by atoms with E-state index in [0.717, 1.165) is 15.8 Å². The van der Waals surface area contributed by atoms with Crippen molar-refractivity contribution < 1.29 is 0 Å². The van der Waals surface area contributed by atoms with Crippen molar-refractivity contribution in [3.63, 3.8) is 0 Å². The highest BCUT2D eigenvalue weighted by molar-refractivity contribution is 9.10.